The molecule has 0 spiro atoms. The van der Waals surface area contributed by atoms with Gasteiger partial charge in [-0.25, -0.2) is 0 Å². The Bertz CT molecular complexity index is 412. The molecule has 1 aliphatic heterocycles. The first-order valence-corrected chi connectivity index (χ1v) is 6.32. The molecule has 5 nitrogen and oxygen atoms in total. The van der Waals surface area contributed by atoms with Crippen molar-refractivity contribution < 1.29 is 24.1 Å². The molecule has 0 atom stereocenters. The van der Waals surface area contributed by atoms with E-state index in [0.717, 1.165) is 0 Å². The van der Waals surface area contributed by atoms with Gasteiger partial charge in [0.1, 0.15) is 18.0 Å². The molecule has 1 saturated heterocycles. The Kier molecular flexibility index (Phi) is 4.50. The summed E-state index contributed by atoms with van der Waals surface area (Å²) in [7, 11) is 3.16. The van der Waals surface area contributed by atoms with Crippen LogP contribution in [0.25, 0.3) is 0 Å². The number of ether oxygens (including phenoxy) is 4. The molecule has 1 fully saturated rings. The molecule has 0 amide bonds. The zero-order valence-electron chi connectivity index (χ0n) is 11.3. The van der Waals surface area contributed by atoms with Gasteiger partial charge >= 0.3 is 0 Å². The predicted molar refractivity (Wildman–Crippen MR) is 70.0 cm³/mol. The van der Waals surface area contributed by atoms with E-state index in [1.807, 2.05) is 0 Å². The fourth-order valence-corrected chi connectivity index (χ4v) is 2.02. The Labute approximate surface area is 113 Å². The molecule has 1 aliphatic rings. The van der Waals surface area contributed by atoms with Crippen molar-refractivity contribution in [3.63, 3.8) is 0 Å². The van der Waals surface area contributed by atoms with Gasteiger partial charge < -0.3 is 24.1 Å². The number of hydrogen-bond acceptors (Lipinski definition) is 5. The summed E-state index contributed by atoms with van der Waals surface area (Å²) >= 11 is 0. The molecule has 0 aliphatic carbocycles. The monoisotopic (exact) mass is 268 g/mol. The molecule has 106 valence electrons. The van der Waals surface area contributed by atoms with Crippen LogP contribution in [0.2, 0.25) is 0 Å². The van der Waals surface area contributed by atoms with Gasteiger partial charge in [0.15, 0.2) is 11.5 Å². The maximum atomic E-state index is 10.3. The van der Waals surface area contributed by atoms with Crippen LogP contribution in [-0.2, 0) is 4.74 Å². The van der Waals surface area contributed by atoms with E-state index >= 15 is 0 Å². The number of hydrogen-bond donors (Lipinski definition) is 1. The van der Waals surface area contributed by atoms with Gasteiger partial charge in [-0.1, -0.05) is 0 Å². The first kappa shape index (κ1) is 14.0. The van der Waals surface area contributed by atoms with Crippen molar-refractivity contribution >= 4 is 0 Å². The lowest BCUT2D eigenvalue weighted by molar-refractivity contribution is -0.0855. The van der Waals surface area contributed by atoms with E-state index in [1.165, 1.54) is 0 Å². The van der Waals surface area contributed by atoms with Gasteiger partial charge in [-0.3, -0.25) is 0 Å². The average molecular weight is 268 g/mol. The van der Waals surface area contributed by atoms with E-state index in [4.69, 9.17) is 18.9 Å². The number of methoxy groups -OCH3 is 2. The summed E-state index contributed by atoms with van der Waals surface area (Å²) < 4.78 is 21.2. The second-order valence-electron chi connectivity index (χ2n) is 4.64. The van der Waals surface area contributed by atoms with Crippen LogP contribution in [0.4, 0.5) is 0 Å². The molecule has 0 radical (unpaired) electrons. The molecule has 2 rings (SSSR count). The van der Waals surface area contributed by atoms with E-state index in [2.05, 4.69) is 0 Å². The number of rotatable bonds is 5. The summed E-state index contributed by atoms with van der Waals surface area (Å²) in [5.74, 6) is 1.91. The molecule has 1 aromatic carbocycles. The molecule has 0 bridgehead atoms. The van der Waals surface area contributed by atoms with Crippen LogP contribution in [-0.4, -0.2) is 44.7 Å². The van der Waals surface area contributed by atoms with Crippen molar-refractivity contribution in [1.82, 2.24) is 0 Å². The maximum absolute atomic E-state index is 10.3. The highest BCUT2D eigenvalue weighted by Gasteiger charge is 2.30. The van der Waals surface area contributed by atoms with E-state index in [9.17, 15) is 5.11 Å². The highest BCUT2D eigenvalue weighted by atomic mass is 16.5. The first-order valence-electron chi connectivity index (χ1n) is 6.32. The molecule has 0 unspecified atom stereocenters. The van der Waals surface area contributed by atoms with Gasteiger partial charge in [-0.2, -0.15) is 0 Å². The fourth-order valence-electron chi connectivity index (χ4n) is 2.02. The van der Waals surface area contributed by atoms with Crippen LogP contribution in [0, 0.1) is 0 Å². The minimum absolute atomic E-state index is 0.256. The van der Waals surface area contributed by atoms with Crippen LogP contribution in [0.15, 0.2) is 18.2 Å². The fraction of sp³-hybridized carbons (Fsp3) is 0.571. The van der Waals surface area contributed by atoms with Gasteiger partial charge in [0, 0.05) is 32.1 Å². The van der Waals surface area contributed by atoms with Crippen LogP contribution < -0.4 is 14.2 Å². The maximum Gasteiger partial charge on any atom is 0.164 e. The Balaban J connectivity index is 1.99. The van der Waals surface area contributed by atoms with Gasteiger partial charge in [-0.05, 0) is 12.1 Å². The molecule has 19 heavy (non-hydrogen) atoms. The lowest BCUT2D eigenvalue weighted by Gasteiger charge is -2.31. The number of aliphatic hydroxyl groups is 1. The summed E-state index contributed by atoms with van der Waals surface area (Å²) in [4.78, 5) is 0. The standard InChI is InChI=1S/C14H20O5/c1-16-12-4-3-11(9-13(12)17-2)19-10-14(15)5-7-18-8-6-14/h3-4,9,15H,5-8,10H2,1-2H3. The minimum atomic E-state index is -0.800. The van der Waals surface area contributed by atoms with Gasteiger partial charge in [0.05, 0.1) is 14.2 Å². The molecular formula is C14H20O5. The second-order valence-corrected chi connectivity index (χ2v) is 4.64. The smallest absolute Gasteiger partial charge is 0.164 e. The summed E-state index contributed by atoms with van der Waals surface area (Å²) in [6, 6.07) is 5.33. The molecule has 0 aromatic heterocycles. The predicted octanol–water partition coefficient (Wildman–Crippen LogP) is 1.62. The Morgan fingerprint density at radius 2 is 1.84 bits per heavy atom. The Hall–Kier alpha value is -1.46. The average Bonchev–Trinajstić information content (AvgIpc) is 2.45. The lowest BCUT2D eigenvalue weighted by Crippen LogP contribution is -2.41. The van der Waals surface area contributed by atoms with Crippen molar-refractivity contribution in [2.75, 3.05) is 34.0 Å². The van der Waals surface area contributed by atoms with Crippen LogP contribution in [0.3, 0.4) is 0 Å². The molecular weight excluding hydrogens is 248 g/mol. The third-order valence-electron chi connectivity index (χ3n) is 3.29. The van der Waals surface area contributed by atoms with E-state index in [-0.39, 0.29) is 6.61 Å². The zero-order chi connectivity index (χ0) is 13.7. The topological polar surface area (TPSA) is 57.2 Å². The molecule has 1 heterocycles. The van der Waals surface area contributed by atoms with Crippen molar-refractivity contribution in [3.8, 4) is 17.2 Å². The minimum Gasteiger partial charge on any atom is -0.493 e. The normalized spacial score (nSPS) is 17.8. The zero-order valence-corrected chi connectivity index (χ0v) is 11.3. The lowest BCUT2D eigenvalue weighted by atomic mass is 9.96. The SMILES string of the molecule is COc1ccc(OCC2(O)CCOCC2)cc1OC. The van der Waals surface area contributed by atoms with Crippen molar-refractivity contribution in [1.29, 1.82) is 0 Å². The second kappa shape index (κ2) is 6.12. The molecule has 1 N–H and O–H groups in total. The van der Waals surface area contributed by atoms with Gasteiger partial charge in [0.2, 0.25) is 0 Å². The summed E-state index contributed by atoms with van der Waals surface area (Å²) in [5, 5.41) is 10.3. The third kappa shape index (κ3) is 3.52. The van der Waals surface area contributed by atoms with Crippen LogP contribution in [0.5, 0.6) is 17.2 Å². The summed E-state index contributed by atoms with van der Waals surface area (Å²) in [5.41, 5.74) is -0.800. The largest absolute Gasteiger partial charge is 0.493 e. The molecule has 5 heteroatoms. The van der Waals surface area contributed by atoms with Crippen molar-refractivity contribution in [2.45, 2.75) is 18.4 Å². The highest BCUT2D eigenvalue weighted by Crippen LogP contribution is 2.31. The quantitative estimate of drug-likeness (QED) is 0.879. The van der Waals surface area contributed by atoms with Crippen molar-refractivity contribution in [3.05, 3.63) is 18.2 Å². The van der Waals surface area contributed by atoms with Gasteiger partial charge in [0.25, 0.3) is 0 Å². The van der Waals surface area contributed by atoms with Crippen LogP contribution >= 0.6 is 0 Å². The van der Waals surface area contributed by atoms with Crippen LogP contribution in [0.1, 0.15) is 12.8 Å². The molecule has 1 aromatic rings. The third-order valence-corrected chi connectivity index (χ3v) is 3.29. The summed E-state index contributed by atoms with van der Waals surface area (Å²) in [6.45, 7) is 1.41. The van der Waals surface area contributed by atoms with E-state index < -0.39 is 5.60 Å². The summed E-state index contributed by atoms with van der Waals surface area (Å²) in [6.07, 6.45) is 1.20. The van der Waals surface area contributed by atoms with Gasteiger partial charge in [-0.15, -0.1) is 0 Å². The van der Waals surface area contributed by atoms with Crippen molar-refractivity contribution in [2.24, 2.45) is 0 Å². The first-order chi connectivity index (χ1) is 9.17. The van der Waals surface area contributed by atoms with E-state index in [1.54, 1.807) is 32.4 Å². The Morgan fingerprint density at radius 3 is 2.47 bits per heavy atom. The Morgan fingerprint density at radius 1 is 1.16 bits per heavy atom. The molecule has 0 saturated carbocycles. The number of benzene rings is 1. The highest BCUT2D eigenvalue weighted by molar-refractivity contribution is 5.45. The van der Waals surface area contributed by atoms with E-state index in [0.29, 0.717) is 43.3 Å².